The molecule has 1 atom stereocenters. The molecule has 3 rings (SSSR count). The minimum absolute atomic E-state index is 0.0624. The molecule has 6 nitrogen and oxygen atoms in total. The molecule has 0 amide bonds. The summed E-state index contributed by atoms with van der Waals surface area (Å²) < 4.78 is 1.48. The predicted molar refractivity (Wildman–Crippen MR) is 82.1 cm³/mol. The number of hydrogen-bond donors (Lipinski definition) is 1. The molecule has 1 fully saturated rings. The van der Waals surface area contributed by atoms with Gasteiger partial charge in [-0.25, -0.2) is 0 Å². The van der Waals surface area contributed by atoms with Crippen LogP contribution in [-0.2, 0) is 6.67 Å². The van der Waals surface area contributed by atoms with E-state index in [0.717, 1.165) is 32.5 Å². The number of rotatable bonds is 5. The summed E-state index contributed by atoms with van der Waals surface area (Å²) in [6.45, 7) is 5.66. The molecule has 21 heavy (non-hydrogen) atoms. The Labute approximate surface area is 123 Å². The molecule has 2 aromatic rings. The smallest absolute Gasteiger partial charge is 0.278 e. The van der Waals surface area contributed by atoms with Crippen molar-refractivity contribution in [3.63, 3.8) is 0 Å². The summed E-state index contributed by atoms with van der Waals surface area (Å²) in [5.74, 6) is 0. The summed E-state index contributed by atoms with van der Waals surface area (Å²) in [7, 11) is 0. The van der Waals surface area contributed by atoms with Crippen molar-refractivity contribution in [2.45, 2.75) is 32.5 Å². The Morgan fingerprint density at radius 2 is 2.29 bits per heavy atom. The second-order valence-electron chi connectivity index (χ2n) is 5.51. The van der Waals surface area contributed by atoms with Crippen molar-refractivity contribution in [1.29, 1.82) is 0 Å². The van der Waals surface area contributed by atoms with Crippen molar-refractivity contribution in [2.24, 2.45) is 0 Å². The quantitative estimate of drug-likeness (QED) is 0.882. The third-order valence-corrected chi connectivity index (χ3v) is 4.01. The SMILES string of the molecule is CCCN(Cn1nnc2ccccc2c1=O)C1CCNC1. The monoisotopic (exact) mass is 287 g/mol. The number of nitrogens with one attached hydrogen (secondary N) is 1. The van der Waals surface area contributed by atoms with Crippen molar-refractivity contribution >= 4 is 10.9 Å². The summed E-state index contributed by atoms with van der Waals surface area (Å²) in [4.78, 5) is 14.8. The van der Waals surface area contributed by atoms with Crippen molar-refractivity contribution in [1.82, 2.24) is 25.2 Å². The second-order valence-corrected chi connectivity index (χ2v) is 5.51. The first-order chi connectivity index (χ1) is 10.3. The van der Waals surface area contributed by atoms with Gasteiger partial charge in [0, 0.05) is 12.6 Å². The highest BCUT2D eigenvalue weighted by Gasteiger charge is 2.22. The Kier molecular flexibility index (Phi) is 4.26. The highest BCUT2D eigenvalue weighted by atomic mass is 16.1. The van der Waals surface area contributed by atoms with Crippen molar-refractivity contribution in [3.05, 3.63) is 34.6 Å². The topological polar surface area (TPSA) is 63.1 Å². The van der Waals surface area contributed by atoms with Gasteiger partial charge in [-0.05, 0) is 38.1 Å². The average Bonchev–Trinajstić information content (AvgIpc) is 3.04. The van der Waals surface area contributed by atoms with Gasteiger partial charge in [0.25, 0.3) is 5.56 Å². The Balaban J connectivity index is 1.88. The lowest BCUT2D eigenvalue weighted by Crippen LogP contribution is -2.42. The predicted octanol–water partition coefficient (Wildman–Crippen LogP) is 0.823. The first-order valence-electron chi connectivity index (χ1n) is 7.57. The minimum atomic E-state index is -0.0624. The molecule has 1 N–H and O–H groups in total. The zero-order valence-electron chi connectivity index (χ0n) is 12.3. The lowest BCUT2D eigenvalue weighted by atomic mass is 10.2. The number of fused-ring (bicyclic) bond motifs is 1. The molecule has 0 radical (unpaired) electrons. The second kappa shape index (κ2) is 6.32. The van der Waals surface area contributed by atoms with E-state index in [1.165, 1.54) is 4.68 Å². The van der Waals surface area contributed by atoms with E-state index in [2.05, 4.69) is 27.5 Å². The van der Waals surface area contributed by atoms with Gasteiger partial charge in [-0.15, -0.1) is 5.10 Å². The number of nitrogens with zero attached hydrogens (tertiary/aromatic N) is 4. The van der Waals surface area contributed by atoms with E-state index < -0.39 is 0 Å². The first-order valence-corrected chi connectivity index (χ1v) is 7.57. The first kappa shape index (κ1) is 14.2. The lowest BCUT2D eigenvalue weighted by Gasteiger charge is -2.27. The fourth-order valence-corrected chi connectivity index (χ4v) is 2.90. The summed E-state index contributed by atoms with van der Waals surface area (Å²) >= 11 is 0. The Morgan fingerprint density at radius 1 is 1.43 bits per heavy atom. The van der Waals surface area contributed by atoms with Gasteiger partial charge < -0.3 is 5.32 Å². The van der Waals surface area contributed by atoms with Gasteiger partial charge in [0.05, 0.1) is 12.1 Å². The average molecular weight is 287 g/mol. The molecule has 0 saturated carbocycles. The molecule has 0 aliphatic carbocycles. The molecule has 1 unspecified atom stereocenters. The standard InChI is InChI=1S/C15H21N5O/c1-2-9-19(12-7-8-16-10-12)11-20-15(21)13-5-3-4-6-14(13)17-18-20/h3-6,12,16H,2,7-11H2,1H3. The highest BCUT2D eigenvalue weighted by Crippen LogP contribution is 2.10. The van der Waals surface area contributed by atoms with E-state index >= 15 is 0 Å². The summed E-state index contributed by atoms with van der Waals surface area (Å²) in [5.41, 5.74) is 0.594. The molecule has 112 valence electrons. The molecular formula is C15H21N5O. The van der Waals surface area contributed by atoms with Crippen LogP contribution >= 0.6 is 0 Å². The van der Waals surface area contributed by atoms with E-state index in [-0.39, 0.29) is 5.56 Å². The third kappa shape index (κ3) is 2.96. The number of aromatic nitrogens is 3. The van der Waals surface area contributed by atoms with Crippen LogP contribution in [-0.4, -0.2) is 45.6 Å². The van der Waals surface area contributed by atoms with Crippen LogP contribution in [0.2, 0.25) is 0 Å². The summed E-state index contributed by atoms with van der Waals surface area (Å²) in [5, 5.41) is 12.3. The van der Waals surface area contributed by atoms with Crippen LogP contribution < -0.4 is 10.9 Å². The van der Waals surface area contributed by atoms with Crippen molar-refractivity contribution < 1.29 is 0 Å². The van der Waals surface area contributed by atoms with E-state index in [1.807, 2.05) is 24.3 Å². The molecule has 0 spiro atoms. The molecule has 1 saturated heterocycles. The Bertz CT molecular complexity index is 662. The zero-order valence-corrected chi connectivity index (χ0v) is 12.3. The van der Waals surface area contributed by atoms with Gasteiger partial charge in [-0.1, -0.05) is 24.3 Å². The molecule has 1 aliphatic heterocycles. The summed E-state index contributed by atoms with van der Waals surface area (Å²) in [6.07, 6.45) is 2.18. The van der Waals surface area contributed by atoms with Gasteiger partial charge in [-0.3, -0.25) is 9.69 Å². The van der Waals surface area contributed by atoms with Crippen LogP contribution in [0.1, 0.15) is 19.8 Å². The van der Waals surface area contributed by atoms with Crippen molar-refractivity contribution in [3.8, 4) is 0 Å². The fourth-order valence-electron chi connectivity index (χ4n) is 2.90. The molecule has 2 heterocycles. The lowest BCUT2D eigenvalue weighted by molar-refractivity contribution is 0.147. The van der Waals surface area contributed by atoms with E-state index in [0.29, 0.717) is 23.6 Å². The van der Waals surface area contributed by atoms with Crippen LogP contribution in [0.25, 0.3) is 10.9 Å². The van der Waals surface area contributed by atoms with Crippen LogP contribution in [0.15, 0.2) is 29.1 Å². The van der Waals surface area contributed by atoms with Gasteiger partial charge in [0.15, 0.2) is 0 Å². The van der Waals surface area contributed by atoms with Gasteiger partial charge >= 0.3 is 0 Å². The van der Waals surface area contributed by atoms with E-state index in [4.69, 9.17) is 0 Å². The molecular weight excluding hydrogens is 266 g/mol. The normalized spacial score (nSPS) is 18.7. The third-order valence-electron chi connectivity index (χ3n) is 4.01. The van der Waals surface area contributed by atoms with Gasteiger partial charge in [0.2, 0.25) is 0 Å². The molecule has 1 aliphatic rings. The summed E-state index contributed by atoms with van der Waals surface area (Å²) in [6, 6.07) is 7.84. The maximum atomic E-state index is 12.5. The molecule has 1 aromatic carbocycles. The zero-order chi connectivity index (χ0) is 14.7. The maximum absolute atomic E-state index is 12.5. The Hall–Kier alpha value is -1.79. The van der Waals surface area contributed by atoms with Crippen molar-refractivity contribution in [2.75, 3.05) is 19.6 Å². The molecule has 1 aromatic heterocycles. The van der Waals surface area contributed by atoms with Gasteiger partial charge in [0.1, 0.15) is 5.52 Å². The van der Waals surface area contributed by atoms with Crippen LogP contribution in [0.4, 0.5) is 0 Å². The highest BCUT2D eigenvalue weighted by molar-refractivity contribution is 5.76. The van der Waals surface area contributed by atoms with Crippen LogP contribution in [0.3, 0.4) is 0 Å². The van der Waals surface area contributed by atoms with Crippen LogP contribution in [0.5, 0.6) is 0 Å². The fraction of sp³-hybridized carbons (Fsp3) is 0.533. The Morgan fingerprint density at radius 3 is 3.05 bits per heavy atom. The van der Waals surface area contributed by atoms with Gasteiger partial charge in [-0.2, -0.15) is 4.68 Å². The molecule has 0 bridgehead atoms. The maximum Gasteiger partial charge on any atom is 0.278 e. The number of hydrogen-bond acceptors (Lipinski definition) is 5. The van der Waals surface area contributed by atoms with E-state index in [1.54, 1.807) is 0 Å². The largest absolute Gasteiger partial charge is 0.315 e. The number of benzene rings is 1. The molecule has 6 heteroatoms. The van der Waals surface area contributed by atoms with E-state index in [9.17, 15) is 4.79 Å². The van der Waals surface area contributed by atoms with Crippen LogP contribution in [0, 0.1) is 0 Å². The minimum Gasteiger partial charge on any atom is -0.315 e.